The molecule has 2 aliphatic heterocycles. The van der Waals surface area contributed by atoms with E-state index in [9.17, 15) is 0 Å². The summed E-state index contributed by atoms with van der Waals surface area (Å²) in [5.74, 6) is 0.465. The second kappa shape index (κ2) is 9.06. The summed E-state index contributed by atoms with van der Waals surface area (Å²) in [4.78, 5) is 9.24. The van der Waals surface area contributed by atoms with Crippen molar-refractivity contribution in [2.75, 3.05) is 13.2 Å². The lowest BCUT2D eigenvalue weighted by Gasteiger charge is -2.17. The number of aliphatic imine (C=N–C) groups is 2. The van der Waals surface area contributed by atoms with Crippen molar-refractivity contribution in [1.82, 2.24) is 5.32 Å². The molecule has 0 aliphatic carbocycles. The second-order valence-electron chi connectivity index (χ2n) is 7.21. The third-order valence-electron chi connectivity index (χ3n) is 5.23. The zero-order valence-electron chi connectivity index (χ0n) is 16.1. The summed E-state index contributed by atoms with van der Waals surface area (Å²) in [6.07, 6.45) is 2.02. The van der Waals surface area contributed by atoms with Gasteiger partial charge in [-0.25, -0.2) is 9.98 Å². The molecule has 3 atom stereocenters. The Balaban J connectivity index is 1.37. The fourth-order valence-corrected chi connectivity index (χ4v) is 3.93. The van der Waals surface area contributed by atoms with Crippen molar-refractivity contribution in [3.63, 3.8) is 0 Å². The predicted octanol–water partition coefficient (Wildman–Crippen LogP) is 5.35. The number of nitrogens with one attached hydrogen (secondary N) is 1. The average molecular weight is 432 g/mol. The van der Waals surface area contributed by atoms with Crippen LogP contribution >= 0.6 is 23.2 Å². The van der Waals surface area contributed by atoms with Gasteiger partial charge in [-0.15, -0.1) is 0 Å². The molecule has 0 spiro atoms. The van der Waals surface area contributed by atoms with Crippen LogP contribution in [-0.2, 0) is 9.47 Å². The molecule has 4 rings (SSSR count). The summed E-state index contributed by atoms with van der Waals surface area (Å²) >= 11 is 12.1. The Morgan fingerprint density at radius 3 is 2.52 bits per heavy atom. The van der Waals surface area contributed by atoms with Gasteiger partial charge in [0, 0.05) is 0 Å². The van der Waals surface area contributed by atoms with Gasteiger partial charge < -0.3 is 9.47 Å². The molecule has 2 heterocycles. The summed E-state index contributed by atoms with van der Waals surface area (Å²) in [5.41, 5.74) is 2.30. The Kier molecular flexibility index (Phi) is 6.26. The van der Waals surface area contributed by atoms with Crippen molar-refractivity contribution in [2.45, 2.75) is 37.8 Å². The molecule has 2 aliphatic rings. The minimum Gasteiger partial charge on any atom is -0.463 e. The lowest BCUT2D eigenvalue weighted by Crippen LogP contribution is -2.30. The number of halogens is 2. The third kappa shape index (κ3) is 4.85. The van der Waals surface area contributed by atoms with E-state index >= 15 is 0 Å². The molecule has 0 aromatic heterocycles. The Labute approximate surface area is 180 Å². The maximum absolute atomic E-state index is 6.10. The van der Waals surface area contributed by atoms with Gasteiger partial charge in [0.2, 0.25) is 0 Å². The topological polar surface area (TPSA) is 55.2 Å². The summed E-state index contributed by atoms with van der Waals surface area (Å²) in [5, 5.41) is 4.10. The van der Waals surface area contributed by atoms with E-state index in [1.165, 1.54) is 5.56 Å². The van der Waals surface area contributed by atoms with E-state index in [0.29, 0.717) is 41.2 Å². The van der Waals surface area contributed by atoms with Crippen LogP contribution in [-0.4, -0.2) is 31.3 Å². The fraction of sp³-hybridized carbons (Fsp3) is 0.364. The van der Waals surface area contributed by atoms with Crippen molar-refractivity contribution in [1.29, 1.82) is 0 Å². The number of rotatable bonds is 5. The highest BCUT2D eigenvalue weighted by atomic mass is 35.5. The van der Waals surface area contributed by atoms with Crippen LogP contribution < -0.4 is 5.32 Å². The van der Waals surface area contributed by atoms with Gasteiger partial charge in [-0.2, -0.15) is 0 Å². The van der Waals surface area contributed by atoms with Crippen molar-refractivity contribution in [3.05, 3.63) is 69.7 Å². The normalized spacial score (nSPS) is 21.8. The first kappa shape index (κ1) is 20.0. The molecular formula is C22H23Cl2N3O2. The fourth-order valence-electron chi connectivity index (χ4n) is 3.62. The van der Waals surface area contributed by atoms with Crippen LogP contribution in [0.15, 0.2) is 58.5 Å². The van der Waals surface area contributed by atoms with Gasteiger partial charge in [0.15, 0.2) is 0 Å². The van der Waals surface area contributed by atoms with Gasteiger partial charge in [0.25, 0.3) is 12.0 Å². The van der Waals surface area contributed by atoms with Crippen LogP contribution in [0.4, 0.5) is 0 Å². The van der Waals surface area contributed by atoms with Gasteiger partial charge in [-0.05, 0) is 42.0 Å². The van der Waals surface area contributed by atoms with Crippen LogP contribution in [0.25, 0.3) is 0 Å². The van der Waals surface area contributed by atoms with Crippen molar-refractivity contribution in [2.24, 2.45) is 9.98 Å². The Morgan fingerprint density at radius 2 is 1.76 bits per heavy atom. The number of nitrogens with zero attached hydrogens (tertiary/aromatic N) is 2. The van der Waals surface area contributed by atoms with Crippen LogP contribution in [0, 0.1) is 0 Å². The zero-order valence-corrected chi connectivity index (χ0v) is 17.7. The van der Waals surface area contributed by atoms with Crippen LogP contribution in [0.5, 0.6) is 0 Å². The van der Waals surface area contributed by atoms with E-state index in [2.05, 4.69) is 46.5 Å². The highest BCUT2D eigenvalue weighted by molar-refractivity contribution is 6.42. The summed E-state index contributed by atoms with van der Waals surface area (Å²) < 4.78 is 11.4. The highest BCUT2D eigenvalue weighted by Crippen LogP contribution is 2.30. The van der Waals surface area contributed by atoms with Crippen molar-refractivity contribution >= 4 is 35.2 Å². The van der Waals surface area contributed by atoms with E-state index in [1.807, 2.05) is 18.2 Å². The number of hydrogen-bond donors (Lipinski definition) is 1. The van der Waals surface area contributed by atoms with Crippen molar-refractivity contribution < 1.29 is 9.47 Å². The Bertz CT molecular complexity index is 918. The van der Waals surface area contributed by atoms with Gasteiger partial charge in [-0.3, -0.25) is 5.32 Å². The summed E-state index contributed by atoms with van der Waals surface area (Å²) in [7, 11) is 0. The van der Waals surface area contributed by atoms with E-state index in [0.717, 1.165) is 18.4 Å². The molecule has 0 bridgehead atoms. The lowest BCUT2D eigenvalue weighted by molar-refractivity contribution is 0.286. The van der Waals surface area contributed by atoms with E-state index in [-0.39, 0.29) is 12.1 Å². The largest absolute Gasteiger partial charge is 0.463 e. The molecule has 152 valence electrons. The first-order valence-corrected chi connectivity index (χ1v) is 10.6. The SMILES string of the molecule is CCC(C[C@H]1COC(NC2=N[C@@H](c3ccc(Cl)c(Cl)c3)CO2)=N1)c1ccccc1. The van der Waals surface area contributed by atoms with Crippen LogP contribution in [0.2, 0.25) is 10.0 Å². The van der Waals surface area contributed by atoms with Crippen LogP contribution in [0.3, 0.4) is 0 Å². The van der Waals surface area contributed by atoms with Gasteiger partial charge in [0.1, 0.15) is 19.3 Å². The number of benzene rings is 2. The molecule has 2 aromatic rings. The minimum absolute atomic E-state index is 0.121. The summed E-state index contributed by atoms with van der Waals surface area (Å²) in [6.45, 7) is 3.21. The number of hydrogen-bond acceptors (Lipinski definition) is 5. The first-order chi connectivity index (χ1) is 14.1. The maximum Gasteiger partial charge on any atom is 0.293 e. The molecule has 1 N–H and O–H groups in total. The molecule has 29 heavy (non-hydrogen) atoms. The quantitative estimate of drug-likeness (QED) is 0.693. The molecule has 0 radical (unpaired) electrons. The van der Waals surface area contributed by atoms with E-state index < -0.39 is 0 Å². The van der Waals surface area contributed by atoms with Crippen LogP contribution in [0.1, 0.15) is 42.9 Å². The molecule has 2 aromatic carbocycles. The molecule has 0 fully saturated rings. The van der Waals surface area contributed by atoms with Gasteiger partial charge >= 0.3 is 0 Å². The molecule has 0 amide bonds. The molecule has 5 nitrogen and oxygen atoms in total. The summed E-state index contributed by atoms with van der Waals surface area (Å²) in [6, 6.07) is 16.9. The first-order valence-electron chi connectivity index (χ1n) is 9.80. The highest BCUT2D eigenvalue weighted by Gasteiger charge is 2.27. The second-order valence-corrected chi connectivity index (χ2v) is 8.02. The molecule has 0 saturated heterocycles. The lowest BCUT2D eigenvalue weighted by atomic mass is 9.90. The third-order valence-corrected chi connectivity index (χ3v) is 5.96. The van der Waals surface area contributed by atoms with Gasteiger partial charge in [-0.1, -0.05) is 66.5 Å². The van der Waals surface area contributed by atoms with E-state index in [1.54, 1.807) is 6.07 Å². The Morgan fingerprint density at radius 1 is 1.00 bits per heavy atom. The molecule has 7 heteroatoms. The number of ether oxygens (including phenoxy) is 2. The standard InChI is InChI=1S/C22H23Cl2N3O2/c1-2-14(15-6-4-3-5-7-15)10-17-12-28-21(25-17)27-22-26-20(13-29-22)16-8-9-18(23)19(24)11-16/h3-9,11,14,17,20H,2,10,12-13H2,1H3,(H,25,26,27)/t14?,17-,20+/m0/s1. The minimum atomic E-state index is -0.132. The van der Waals surface area contributed by atoms with Gasteiger partial charge in [0.05, 0.1) is 16.1 Å². The predicted molar refractivity (Wildman–Crippen MR) is 117 cm³/mol. The smallest absolute Gasteiger partial charge is 0.293 e. The Hall–Kier alpha value is -2.24. The van der Waals surface area contributed by atoms with Crippen molar-refractivity contribution in [3.8, 4) is 0 Å². The average Bonchev–Trinajstić information content (AvgIpc) is 3.39. The molecule has 0 saturated carbocycles. The molecule has 1 unspecified atom stereocenters. The number of amidine groups is 2. The monoisotopic (exact) mass is 431 g/mol. The zero-order chi connectivity index (χ0) is 20.2. The maximum atomic E-state index is 6.10. The molecular weight excluding hydrogens is 409 g/mol. The van der Waals surface area contributed by atoms with E-state index in [4.69, 9.17) is 32.7 Å².